The third-order valence-electron chi connectivity index (χ3n) is 1.87. The molecule has 0 rings (SSSR count). The zero-order chi connectivity index (χ0) is 13.9. The second kappa shape index (κ2) is 11.5. The minimum atomic E-state index is -3.04. The van der Waals surface area contributed by atoms with Crippen LogP contribution in [0.1, 0.15) is 52.9 Å². The Balaban J connectivity index is 0. The zero-order valence-electron chi connectivity index (χ0n) is 10.6. The Kier molecular flexibility index (Phi) is 13.3. The van der Waals surface area contributed by atoms with Crippen LogP contribution in [0.4, 0.5) is 0 Å². The molecule has 0 aliphatic rings. The molecule has 1 atom stereocenters. The highest BCUT2D eigenvalue weighted by atomic mass is 32.9. The fourth-order valence-corrected chi connectivity index (χ4v) is 4.98. The van der Waals surface area contributed by atoms with Gasteiger partial charge in [0.1, 0.15) is 0 Å². The van der Waals surface area contributed by atoms with Gasteiger partial charge in [0, 0.05) is 12.2 Å². The van der Waals surface area contributed by atoms with Gasteiger partial charge in [-0.1, -0.05) is 44.5 Å². The molecule has 0 amide bonds. The lowest BCUT2D eigenvalue weighted by molar-refractivity contribution is -0.134. The maximum absolute atomic E-state index is 9.12. The van der Waals surface area contributed by atoms with E-state index < -0.39 is 11.7 Å². The molecule has 0 saturated carbocycles. The third-order valence-corrected chi connectivity index (χ3v) is 5.51. The van der Waals surface area contributed by atoms with Gasteiger partial charge in [-0.25, -0.2) is 0 Å². The van der Waals surface area contributed by atoms with Gasteiger partial charge >= 0.3 is 0 Å². The lowest BCUT2D eigenvalue weighted by atomic mass is 10.1. The second-order valence-corrected chi connectivity index (χ2v) is 9.88. The molecular formula is C10H23O4PS2. The molecule has 0 aromatic heterocycles. The van der Waals surface area contributed by atoms with E-state index in [2.05, 4.69) is 25.7 Å². The van der Waals surface area contributed by atoms with Crippen molar-refractivity contribution in [2.75, 3.05) is 0 Å². The number of unbranched alkanes of at least 4 members (excludes halogenated alkanes) is 2. The topological polar surface area (TPSA) is 77.8 Å². The fourth-order valence-electron chi connectivity index (χ4n) is 1.15. The Morgan fingerprint density at radius 2 is 1.82 bits per heavy atom. The van der Waals surface area contributed by atoms with Crippen LogP contribution in [0.2, 0.25) is 0 Å². The van der Waals surface area contributed by atoms with Gasteiger partial charge in [0.2, 0.25) is 5.69 Å². The molecule has 1 unspecified atom stereocenters. The van der Waals surface area contributed by atoms with E-state index in [1.807, 2.05) is 0 Å². The maximum atomic E-state index is 9.12. The Hall–Kier alpha value is 0.390. The summed E-state index contributed by atoms with van der Waals surface area (Å²) >= 11 is 5.78. The normalized spacial score (nSPS) is 12.5. The van der Waals surface area contributed by atoms with E-state index in [0.717, 1.165) is 26.2 Å². The molecular weight excluding hydrogens is 279 g/mol. The van der Waals surface area contributed by atoms with Gasteiger partial charge in [0.05, 0.1) is 0 Å². The number of rotatable bonds is 7. The molecule has 0 bridgehead atoms. The molecule has 3 N–H and O–H groups in total. The molecule has 17 heavy (non-hydrogen) atoms. The molecule has 0 fully saturated rings. The lowest BCUT2D eigenvalue weighted by Crippen LogP contribution is -2.00. The summed E-state index contributed by atoms with van der Waals surface area (Å²) < 4.78 is 0. The summed E-state index contributed by atoms with van der Waals surface area (Å²) in [7, 11) is 0. The number of hydrogen-bond donors (Lipinski definition) is 3. The van der Waals surface area contributed by atoms with E-state index in [0.29, 0.717) is 5.25 Å². The predicted octanol–water partition coefficient (Wildman–Crippen LogP) is 3.38. The van der Waals surface area contributed by atoms with Crippen LogP contribution in [0.25, 0.3) is 0 Å². The lowest BCUT2D eigenvalue weighted by Gasteiger charge is -2.16. The zero-order valence-corrected chi connectivity index (χ0v) is 13.2. The largest absolute Gasteiger partial charge is 0.481 e. The first kappa shape index (κ1) is 19.7. The molecule has 0 aliphatic heterocycles. The van der Waals surface area contributed by atoms with E-state index in [1.165, 1.54) is 24.2 Å². The van der Waals surface area contributed by atoms with E-state index in [9.17, 15) is 0 Å². The number of carboxylic acids is 1. The molecule has 0 radical (unpaired) electrons. The van der Waals surface area contributed by atoms with E-state index in [1.54, 1.807) is 0 Å². The Morgan fingerprint density at radius 3 is 2.12 bits per heavy atom. The standard InChI is InChI=1S/C8H19O2PS2.C2H4O2/c1-3-5-6-7-8(4-2)13-11(9,10)12;1-2(3)4/h8H,3-7H2,1-2H3,(H2,9,10,12);1H3,(H,3,4). The van der Waals surface area contributed by atoms with Crippen molar-refractivity contribution >= 4 is 34.9 Å². The fraction of sp³-hybridized carbons (Fsp3) is 0.900. The number of carboxylic acid groups (broad SMARTS) is 1. The average molecular weight is 302 g/mol. The van der Waals surface area contributed by atoms with Crippen LogP contribution in [0.3, 0.4) is 0 Å². The molecule has 0 heterocycles. The van der Waals surface area contributed by atoms with Crippen molar-refractivity contribution in [2.45, 2.75) is 58.1 Å². The molecule has 0 spiro atoms. The van der Waals surface area contributed by atoms with Crippen molar-refractivity contribution in [3.63, 3.8) is 0 Å². The van der Waals surface area contributed by atoms with Crippen LogP contribution in [-0.4, -0.2) is 26.1 Å². The van der Waals surface area contributed by atoms with Crippen LogP contribution in [-0.2, 0) is 16.6 Å². The van der Waals surface area contributed by atoms with Crippen molar-refractivity contribution in [3.8, 4) is 0 Å². The molecule has 0 aliphatic carbocycles. The van der Waals surface area contributed by atoms with E-state index >= 15 is 0 Å². The predicted molar refractivity (Wildman–Crippen MR) is 77.8 cm³/mol. The number of aliphatic carboxylic acids is 1. The molecule has 0 aromatic rings. The van der Waals surface area contributed by atoms with Gasteiger partial charge in [-0.05, 0) is 24.6 Å². The summed E-state index contributed by atoms with van der Waals surface area (Å²) in [6, 6.07) is 0. The van der Waals surface area contributed by atoms with Crippen LogP contribution >= 0.6 is 17.1 Å². The summed E-state index contributed by atoms with van der Waals surface area (Å²) in [6.45, 7) is 5.31. The maximum Gasteiger partial charge on any atom is 0.300 e. The summed E-state index contributed by atoms with van der Waals surface area (Å²) in [4.78, 5) is 27.2. The van der Waals surface area contributed by atoms with Crippen LogP contribution in [0.15, 0.2) is 0 Å². The van der Waals surface area contributed by atoms with Crippen molar-refractivity contribution in [1.29, 1.82) is 0 Å². The molecule has 104 valence electrons. The summed E-state index contributed by atoms with van der Waals surface area (Å²) in [5.41, 5.74) is -3.04. The first-order valence-electron chi connectivity index (χ1n) is 5.66. The Bertz CT molecular complexity index is 238. The quantitative estimate of drug-likeness (QED) is 0.494. The van der Waals surface area contributed by atoms with Gasteiger partial charge in [-0.3, -0.25) is 4.79 Å². The SMILES string of the molecule is CC(=O)O.CCCCCC(CC)SP(O)(O)=S. The Morgan fingerprint density at radius 1 is 1.35 bits per heavy atom. The molecule has 0 aromatic carbocycles. The highest BCUT2D eigenvalue weighted by molar-refractivity contribution is 8.67. The van der Waals surface area contributed by atoms with Gasteiger partial charge in [-0.2, -0.15) is 0 Å². The Labute approximate surface area is 113 Å². The van der Waals surface area contributed by atoms with Crippen LogP contribution in [0, 0.1) is 0 Å². The monoisotopic (exact) mass is 302 g/mol. The number of hydrogen-bond acceptors (Lipinski definition) is 3. The van der Waals surface area contributed by atoms with Crippen molar-refractivity contribution in [3.05, 3.63) is 0 Å². The number of carbonyl (C=O) groups is 1. The second-order valence-electron chi connectivity index (χ2n) is 3.64. The highest BCUT2D eigenvalue weighted by Gasteiger charge is 2.16. The average Bonchev–Trinajstić information content (AvgIpc) is 2.13. The summed E-state index contributed by atoms with van der Waals surface area (Å²) in [6.07, 6.45) is 5.60. The first-order valence-corrected chi connectivity index (χ1v) is 9.85. The summed E-state index contributed by atoms with van der Waals surface area (Å²) in [5, 5.41) is 7.74. The van der Waals surface area contributed by atoms with Crippen molar-refractivity contribution in [1.82, 2.24) is 0 Å². The van der Waals surface area contributed by atoms with Gasteiger partial charge in [0.25, 0.3) is 5.97 Å². The van der Waals surface area contributed by atoms with Gasteiger partial charge < -0.3 is 14.9 Å². The minimum absolute atomic E-state index is 0.326. The van der Waals surface area contributed by atoms with Crippen molar-refractivity contribution < 1.29 is 19.7 Å². The third kappa shape index (κ3) is 22.1. The van der Waals surface area contributed by atoms with E-state index in [-0.39, 0.29) is 0 Å². The van der Waals surface area contributed by atoms with E-state index in [4.69, 9.17) is 19.7 Å². The van der Waals surface area contributed by atoms with Crippen molar-refractivity contribution in [2.24, 2.45) is 0 Å². The summed E-state index contributed by atoms with van der Waals surface area (Å²) in [5.74, 6) is -0.833. The molecule has 4 nitrogen and oxygen atoms in total. The minimum Gasteiger partial charge on any atom is -0.481 e. The van der Waals surface area contributed by atoms with Gasteiger partial charge in [0.15, 0.2) is 0 Å². The molecule has 7 heteroatoms. The smallest absolute Gasteiger partial charge is 0.300 e. The van der Waals surface area contributed by atoms with Crippen LogP contribution < -0.4 is 0 Å². The first-order chi connectivity index (χ1) is 7.72. The van der Waals surface area contributed by atoms with Gasteiger partial charge in [-0.15, -0.1) is 0 Å². The highest BCUT2D eigenvalue weighted by Crippen LogP contribution is 2.54. The van der Waals surface area contributed by atoms with Crippen LogP contribution in [0.5, 0.6) is 0 Å². The molecule has 0 saturated heterocycles.